The van der Waals surface area contributed by atoms with Gasteiger partial charge in [0.15, 0.2) is 45.9 Å². The lowest BCUT2D eigenvalue weighted by atomic mass is 9.43. The van der Waals surface area contributed by atoms with Crippen LogP contribution in [0.15, 0.2) is 119 Å². The van der Waals surface area contributed by atoms with E-state index in [1.165, 1.54) is 44.0 Å². The van der Waals surface area contributed by atoms with Gasteiger partial charge in [-0.2, -0.15) is 4.98 Å². The number of amides is 4. The van der Waals surface area contributed by atoms with Crippen molar-refractivity contribution in [2.45, 2.75) is 121 Å². The summed E-state index contributed by atoms with van der Waals surface area (Å²) in [6.07, 6.45) is 28.4. The summed E-state index contributed by atoms with van der Waals surface area (Å²) in [5.74, 6) is 7.47. The van der Waals surface area contributed by atoms with Crippen LogP contribution in [0.25, 0.3) is 22.6 Å². The molecule has 4 aliphatic heterocycles. The SMILES string of the molecule is C.C=CC(=O)NC1CN(c2cn3c(C(C)C)cnc3c(Nc3cn(C)nc3OC)n2)CC1C.C=CC(=O)NC1CN(c2cn3c(C4CC4)cnc3c(Nc3cn(C)nc3OC)n2)CC1C.C=CC(=O)NC1CN(c2cn3c(Cl)cnc3c(Nc3cn(C)nc3OC)n2)CC1F.C=CC(=O)NC1CN(c2nc(Nc3cn(C)nc3OC)c3ncc(C45CC(C4)C5)n3n2)CC1F. The maximum absolute atomic E-state index is 14.8. The third-order valence-electron chi connectivity index (χ3n) is 24.0. The van der Waals surface area contributed by atoms with Crippen molar-refractivity contribution in [2.24, 2.45) is 45.9 Å². The molecule has 8 N–H and O–H groups in total. The molecule has 0 aromatic carbocycles. The summed E-state index contributed by atoms with van der Waals surface area (Å²) in [4.78, 5) is 92.3. The summed E-state index contributed by atoms with van der Waals surface area (Å²) in [7, 11) is 13.5. The van der Waals surface area contributed by atoms with E-state index < -0.39 is 36.2 Å². The molecule has 4 amide bonds. The number of nitrogens with one attached hydrogen (secondary N) is 8. The quantitative estimate of drug-likeness (QED) is 0.0223. The third kappa shape index (κ3) is 18.4. The monoisotopic (exact) mass is 1790 g/mol. The van der Waals surface area contributed by atoms with Gasteiger partial charge in [0, 0.05) is 103 Å². The summed E-state index contributed by atoms with van der Waals surface area (Å²) < 4.78 is 65.0. The number of aryl methyl sites for hydroxylation is 4. The second kappa shape index (κ2) is 37.0. The molecule has 4 saturated heterocycles. The predicted molar refractivity (Wildman–Crippen MR) is 484 cm³/mol. The molecule has 0 radical (unpaired) electrons. The average molecular weight is 1790 g/mol. The Bertz CT molecular complexity index is 6030. The van der Waals surface area contributed by atoms with E-state index in [0.717, 1.165) is 90.4 Å². The van der Waals surface area contributed by atoms with Crippen LogP contribution in [-0.2, 0) is 52.8 Å². The maximum Gasteiger partial charge on any atom is 0.256 e. The minimum atomic E-state index is -1.25. The highest BCUT2D eigenvalue weighted by Crippen LogP contribution is 2.65. The molecular weight excluding hydrogens is 1680 g/mol. The van der Waals surface area contributed by atoms with Crippen molar-refractivity contribution < 1.29 is 46.9 Å². The smallest absolute Gasteiger partial charge is 0.256 e. The summed E-state index contributed by atoms with van der Waals surface area (Å²) in [5.41, 5.74) is 8.70. The highest BCUT2D eigenvalue weighted by molar-refractivity contribution is 6.29. The fourth-order valence-electron chi connectivity index (χ4n) is 17.1. The van der Waals surface area contributed by atoms with Gasteiger partial charge in [-0.25, -0.2) is 48.2 Å². The molecule has 44 heteroatoms. The average Bonchev–Trinajstić information content (AvgIpc) is 1.68. The number of nitrogens with zero attached hydrogens (tertiary/aromatic N) is 25. The predicted octanol–water partition coefficient (Wildman–Crippen LogP) is 8.51. The lowest BCUT2D eigenvalue weighted by Gasteiger charge is -2.61. The Morgan fingerprint density at radius 2 is 0.829 bits per heavy atom. The van der Waals surface area contributed by atoms with Crippen LogP contribution < -0.4 is 81.1 Å². The number of methoxy groups -OCH3 is 4. The minimum Gasteiger partial charge on any atom is -0.478 e. The highest BCUT2D eigenvalue weighted by atomic mass is 35.5. The zero-order valence-corrected chi connectivity index (χ0v) is 73.9. The van der Waals surface area contributed by atoms with Gasteiger partial charge in [-0.3, -0.25) is 51.1 Å². The van der Waals surface area contributed by atoms with E-state index in [1.807, 2.05) is 55.8 Å². The van der Waals surface area contributed by atoms with Gasteiger partial charge in [-0.15, -0.1) is 25.5 Å². The fourth-order valence-corrected chi connectivity index (χ4v) is 17.3. The van der Waals surface area contributed by atoms with Crippen LogP contribution in [0.1, 0.15) is 96.1 Å². The van der Waals surface area contributed by atoms with Gasteiger partial charge in [-0.05, 0) is 80.1 Å². The lowest BCUT2D eigenvalue weighted by molar-refractivity contribution is -0.118. The van der Waals surface area contributed by atoms with Gasteiger partial charge in [0.05, 0.1) is 127 Å². The van der Waals surface area contributed by atoms with Crippen molar-refractivity contribution in [1.29, 1.82) is 0 Å². The molecule has 129 heavy (non-hydrogen) atoms. The van der Waals surface area contributed by atoms with Crippen LogP contribution in [0, 0.1) is 17.8 Å². The van der Waals surface area contributed by atoms with Gasteiger partial charge in [0.2, 0.25) is 29.6 Å². The number of aromatic nitrogens is 21. The minimum absolute atomic E-state index is 0. The van der Waals surface area contributed by atoms with Crippen LogP contribution in [0.5, 0.6) is 23.5 Å². The molecule has 8 unspecified atom stereocenters. The second-order valence-electron chi connectivity index (χ2n) is 33.5. The van der Waals surface area contributed by atoms with Crippen molar-refractivity contribution in [1.82, 2.24) is 123 Å². The molecule has 41 nitrogen and oxygen atoms in total. The number of fused-ring (bicyclic) bond motifs is 4. The Labute approximate surface area is 746 Å². The first kappa shape index (κ1) is 89.7. The zero-order chi connectivity index (χ0) is 90.4. The van der Waals surface area contributed by atoms with E-state index in [9.17, 15) is 28.0 Å². The van der Waals surface area contributed by atoms with Crippen LogP contribution in [0.2, 0.25) is 5.15 Å². The normalized spacial score (nSPS) is 21.2. The molecule has 0 spiro atoms. The standard InChI is InChI=1S/C22H26FN9O2.C22H28N8O2.C22H30N8O2.C18H20ClFN8O2.CH4/c1-4-17(33)25-14-11-31(9-13(14)23)21-27-18(26-15-10-30(2)28-20(15)34-3)19-24-8-16(32(19)29-21)22-5-12(6-22)7-22;1-5-19(31)24-15-11-29(9-13(15)2)18-12-30-17(14-6-7-14)8-23-21(30)20(26-18)25-16-10-28(3)27-22(16)32-4;1-7-19(31)24-15-11-29(9-14(15)4)18-12-30-17(13(2)3)8-23-21(30)20(26-18)25-16-10-28(5)27-22(16)32-6;1-4-15(29)22-11-8-27(6-10(11)20)14-9-28-13(19)5-21-17(28)16(24-14)23-12-7-26(2)25-18(12)30-3;/h4,8,10,12-14H,1,5-7,9,11H2,2-3H3,(H,25,33)(H,26,27,29);5,8,10,12-15H,1,6-7,9,11H2,2-4H3,(H,24,31)(H,25,26);7-8,10,12-15H,1,9,11H2,2-6H3,(H,24,31)(H,25,26);4-5,7,9-11H,1,6,8H2,2-3H3,(H,22,29)(H,23,24);1H4. The van der Waals surface area contributed by atoms with Crippen molar-refractivity contribution in [3.05, 3.63) is 141 Å². The van der Waals surface area contributed by atoms with Crippen molar-refractivity contribution in [3.8, 4) is 23.5 Å². The Morgan fingerprint density at radius 1 is 0.465 bits per heavy atom. The molecule has 682 valence electrons. The van der Waals surface area contributed by atoms with E-state index in [-0.39, 0.29) is 80.7 Å². The number of carbonyl (C=O) groups is 4. The number of hydrogen-bond acceptors (Lipinski definition) is 29. The summed E-state index contributed by atoms with van der Waals surface area (Å²) in [6.45, 7) is 26.1. The molecule has 8 fully saturated rings. The number of hydrogen-bond donors (Lipinski definition) is 8. The maximum atomic E-state index is 14.8. The van der Waals surface area contributed by atoms with E-state index in [0.29, 0.717) is 111 Å². The molecule has 4 aliphatic carbocycles. The van der Waals surface area contributed by atoms with Gasteiger partial charge >= 0.3 is 0 Å². The van der Waals surface area contributed by atoms with Crippen LogP contribution in [0.4, 0.5) is 78.2 Å². The molecule has 4 saturated carbocycles. The largest absolute Gasteiger partial charge is 0.478 e. The van der Waals surface area contributed by atoms with Crippen LogP contribution in [0.3, 0.4) is 0 Å². The second-order valence-corrected chi connectivity index (χ2v) is 33.9. The number of anilines is 12. The first-order chi connectivity index (χ1) is 61.5. The topological polar surface area (TPSA) is 419 Å². The zero-order valence-electron chi connectivity index (χ0n) is 73.1. The summed E-state index contributed by atoms with van der Waals surface area (Å²) >= 11 is 6.28. The van der Waals surface area contributed by atoms with Crippen LogP contribution >= 0.6 is 11.6 Å². The Kier molecular flexibility index (Phi) is 25.7. The van der Waals surface area contributed by atoms with Gasteiger partial charge in [-0.1, -0.05) is 73.0 Å². The molecule has 2 bridgehead atoms. The Morgan fingerprint density at radius 3 is 1.25 bits per heavy atom. The van der Waals surface area contributed by atoms with Gasteiger partial charge < -0.3 is 81.1 Å². The van der Waals surface area contributed by atoms with E-state index >= 15 is 0 Å². The molecular formula is C85H108ClF2N33O8. The molecule has 12 aromatic heterocycles. The number of rotatable bonds is 27. The van der Waals surface area contributed by atoms with Crippen LogP contribution in [-0.4, -0.2) is 243 Å². The third-order valence-corrected chi connectivity index (χ3v) is 24.2. The van der Waals surface area contributed by atoms with E-state index in [1.54, 1.807) is 86.9 Å². The van der Waals surface area contributed by atoms with Gasteiger partial charge in [0.25, 0.3) is 23.5 Å². The molecule has 16 heterocycles. The number of alkyl halides is 2. The van der Waals surface area contributed by atoms with Crippen molar-refractivity contribution in [3.63, 3.8) is 0 Å². The molecule has 12 aromatic rings. The number of ether oxygens (including phenoxy) is 4. The van der Waals surface area contributed by atoms with Crippen molar-refractivity contribution >= 4 is 127 Å². The Balaban J connectivity index is 0.000000132. The first-order valence-electron chi connectivity index (χ1n) is 42.0. The van der Waals surface area contributed by atoms with E-state index in [2.05, 4.69) is 167 Å². The highest BCUT2D eigenvalue weighted by Gasteiger charge is 2.59. The number of imidazole rings is 4. The van der Waals surface area contributed by atoms with Gasteiger partial charge in [0.1, 0.15) is 57.7 Å². The fraction of sp³-hybridized carbons (Fsp3) is 0.447. The Hall–Kier alpha value is -14.2. The number of halogens is 3. The summed E-state index contributed by atoms with van der Waals surface area (Å²) in [6, 6.07) is -1.26. The molecule has 8 aliphatic rings. The van der Waals surface area contributed by atoms with E-state index in [4.69, 9.17) is 50.6 Å². The molecule has 20 rings (SSSR count). The van der Waals surface area contributed by atoms with Crippen molar-refractivity contribution in [2.75, 3.05) is 122 Å². The number of carbonyl (C=O) groups excluding carboxylic acids is 4. The molecule has 8 atom stereocenters. The summed E-state index contributed by atoms with van der Waals surface area (Å²) in [5, 5.41) is 46.8. The lowest BCUT2D eigenvalue weighted by Crippen LogP contribution is -2.55. The first-order valence-corrected chi connectivity index (χ1v) is 42.4.